The van der Waals surface area contributed by atoms with E-state index in [-0.39, 0.29) is 11.5 Å². The Labute approximate surface area is 131 Å². The minimum Gasteiger partial charge on any atom is -0.325 e. The lowest BCUT2D eigenvalue weighted by Crippen LogP contribution is -2.39. The third-order valence-corrected chi connectivity index (χ3v) is 4.90. The summed E-state index contributed by atoms with van der Waals surface area (Å²) in [5.41, 5.74) is 0.457. The summed E-state index contributed by atoms with van der Waals surface area (Å²) in [6.45, 7) is 0.573. The van der Waals surface area contributed by atoms with E-state index in [0.29, 0.717) is 12.1 Å². The molecular formula is C18H14F3NO. The fourth-order valence-electron chi connectivity index (χ4n) is 3.95. The van der Waals surface area contributed by atoms with Crippen LogP contribution in [0.4, 0.5) is 13.2 Å². The highest BCUT2D eigenvalue weighted by Gasteiger charge is 2.53. The number of amides is 1. The van der Waals surface area contributed by atoms with Gasteiger partial charge in [0.05, 0.1) is 11.1 Å². The molecule has 2 aromatic rings. The molecule has 4 rings (SSSR count). The van der Waals surface area contributed by atoms with Gasteiger partial charge in [0.25, 0.3) is 5.91 Å². The van der Waals surface area contributed by atoms with Gasteiger partial charge in [0.15, 0.2) is 0 Å². The Hall–Kier alpha value is -2.30. The lowest BCUT2D eigenvalue weighted by atomic mass is 9.81. The summed E-state index contributed by atoms with van der Waals surface area (Å²) in [7, 11) is 0. The van der Waals surface area contributed by atoms with Crippen molar-refractivity contribution in [2.45, 2.75) is 24.6 Å². The number of halogens is 3. The number of fused-ring (bicyclic) bond motifs is 3. The van der Waals surface area contributed by atoms with Gasteiger partial charge in [0.1, 0.15) is 0 Å². The number of nitrogens with zero attached hydrogens (tertiary/aromatic N) is 1. The van der Waals surface area contributed by atoms with Gasteiger partial charge in [-0.25, -0.2) is 0 Å². The summed E-state index contributed by atoms with van der Waals surface area (Å²) in [5, 5.41) is 0. The van der Waals surface area contributed by atoms with Gasteiger partial charge in [-0.2, -0.15) is 13.2 Å². The van der Waals surface area contributed by atoms with Crippen LogP contribution < -0.4 is 0 Å². The first-order valence-electron chi connectivity index (χ1n) is 7.54. The maximum atomic E-state index is 13.0. The topological polar surface area (TPSA) is 20.3 Å². The first kappa shape index (κ1) is 14.3. The van der Waals surface area contributed by atoms with Gasteiger partial charge in [-0.05, 0) is 36.1 Å². The molecule has 2 heterocycles. The standard InChI is InChI=1S/C18H14F3NO/c19-18(20,21)13-7-8-15-14(11-13)16(23)22-10-4-9-17(15,22)12-5-2-1-3-6-12/h1-3,5-8,11H,4,9-10H2. The fraction of sp³-hybridized carbons (Fsp3) is 0.278. The largest absolute Gasteiger partial charge is 0.416 e. The lowest BCUT2D eigenvalue weighted by Gasteiger charge is -2.33. The molecule has 118 valence electrons. The molecule has 0 aromatic heterocycles. The summed E-state index contributed by atoms with van der Waals surface area (Å²) in [6.07, 6.45) is -2.86. The van der Waals surface area contributed by atoms with Crippen LogP contribution in [0.5, 0.6) is 0 Å². The maximum absolute atomic E-state index is 13.0. The van der Waals surface area contributed by atoms with Gasteiger partial charge in [0, 0.05) is 12.1 Å². The molecule has 1 unspecified atom stereocenters. The van der Waals surface area contributed by atoms with Crippen LogP contribution in [0.15, 0.2) is 48.5 Å². The van der Waals surface area contributed by atoms with Crippen LogP contribution in [0.25, 0.3) is 0 Å². The number of benzene rings is 2. The Kier molecular flexibility index (Phi) is 2.86. The number of carbonyl (C=O) groups is 1. The number of rotatable bonds is 1. The lowest BCUT2D eigenvalue weighted by molar-refractivity contribution is -0.137. The van der Waals surface area contributed by atoms with Gasteiger partial charge in [-0.15, -0.1) is 0 Å². The molecule has 2 nitrogen and oxygen atoms in total. The molecule has 2 aromatic carbocycles. The van der Waals surface area contributed by atoms with Crippen molar-refractivity contribution in [3.8, 4) is 0 Å². The number of hydrogen-bond acceptors (Lipinski definition) is 1. The fourth-order valence-corrected chi connectivity index (χ4v) is 3.95. The smallest absolute Gasteiger partial charge is 0.325 e. The molecule has 5 heteroatoms. The summed E-state index contributed by atoms with van der Waals surface area (Å²) in [5.74, 6) is -0.299. The van der Waals surface area contributed by atoms with E-state index in [1.165, 1.54) is 6.07 Å². The van der Waals surface area contributed by atoms with E-state index >= 15 is 0 Å². The highest BCUT2D eigenvalue weighted by molar-refractivity contribution is 6.01. The molecule has 0 radical (unpaired) electrons. The van der Waals surface area contributed by atoms with E-state index in [1.54, 1.807) is 4.90 Å². The first-order valence-corrected chi connectivity index (χ1v) is 7.54. The van der Waals surface area contributed by atoms with Crippen molar-refractivity contribution in [1.29, 1.82) is 0 Å². The minimum atomic E-state index is -4.44. The zero-order valence-corrected chi connectivity index (χ0v) is 12.2. The van der Waals surface area contributed by atoms with Crippen molar-refractivity contribution in [2.24, 2.45) is 0 Å². The Morgan fingerprint density at radius 3 is 2.48 bits per heavy atom. The molecule has 2 aliphatic heterocycles. The number of carbonyl (C=O) groups excluding carboxylic acids is 1. The number of alkyl halides is 3. The van der Waals surface area contributed by atoms with Gasteiger partial charge in [0.2, 0.25) is 0 Å². The van der Waals surface area contributed by atoms with Crippen LogP contribution in [0.1, 0.15) is 39.9 Å². The third kappa shape index (κ3) is 1.85. The van der Waals surface area contributed by atoms with Crippen molar-refractivity contribution in [1.82, 2.24) is 4.90 Å². The van der Waals surface area contributed by atoms with E-state index in [2.05, 4.69) is 0 Å². The van der Waals surface area contributed by atoms with Crippen LogP contribution in [0, 0.1) is 0 Å². The highest BCUT2D eigenvalue weighted by atomic mass is 19.4. The van der Waals surface area contributed by atoms with Gasteiger partial charge >= 0.3 is 6.18 Å². The maximum Gasteiger partial charge on any atom is 0.416 e. The van der Waals surface area contributed by atoms with Crippen molar-refractivity contribution in [2.75, 3.05) is 6.54 Å². The second-order valence-corrected chi connectivity index (χ2v) is 6.04. The molecule has 1 amide bonds. The molecule has 1 atom stereocenters. The Morgan fingerprint density at radius 2 is 1.78 bits per heavy atom. The Balaban J connectivity index is 1.95. The minimum absolute atomic E-state index is 0.184. The quantitative estimate of drug-likeness (QED) is 0.772. The van der Waals surface area contributed by atoms with Gasteiger partial charge in [-0.1, -0.05) is 36.4 Å². The molecule has 0 spiro atoms. The SMILES string of the molecule is O=C1c2cc(C(F)(F)F)ccc2C2(c3ccccc3)CCCN12. The summed E-state index contributed by atoms with van der Waals surface area (Å²) in [4.78, 5) is 14.4. The molecule has 1 fully saturated rings. The molecule has 0 N–H and O–H groups in total. The van der Waals surface area contributed by atoms with E-state index < -0.39 is 17.3 Å². The van der Waals surface area contributed by atoms with Crippen LogP contribution in [-0.4, -0.2) is 17.4 Å². The monoisotopic (exact) mass is 317 g/mol. The second kappa shape index (κ2) is 4.60. The summed E-state index contributed by atoms with van der Waals surface area (Å²) < 4.78 is 38.9. The third-order valence-electron chi connectivity index (χ3n) is 4.90. The normalized spacial score (nSPS) is 23.1. The van der Waals surface area contributed by atoms with Crippen molar-refractivity contribution in [3.05, 3.63) is 70.8 Å². The van der Waals surface area contributed by atoms with Gasteiger partial charge < -0.3 is 4.90 Å². The first-order chi connectivity index (χ1) is 10.9. The van der Waals surface area contributed by atoms with Crippen molar-refractivity contribution >= 4 is 5.91 Å². The number of hydrogen-bond donors (Lipinski definition) is 0. The van der Waals surface area contributed by atoms with Crippen LogP contribution >= 0.6 is 0 Å². The zero-order valence-electron chi connectivity index (χ0n) is 12.2. The van der Waals surface area contributed by atoms with E-state index in [4.69, 9.17) is 0 Å². The summed E-state index contributed by atoms with van der Waals surface area (Å²) >= 11 is 0. The molecule has 0 saturated carbocycles. The summed E-state index contributed by atoms with van der Waals surface area (Å²) in [6, 6.07) is 13.1. The zero-order chi connectivity index (χ0) is 16.2. The van der Waals surface area contributed by atoms with E-state index in [1.807, 2.05) is 30.3 Å². The van der Waals surface area contributed by atoms with Crippen molar-refractivity contribution < 1.29 is 18.0 Å². The van der Waals surface area contributed by atoms with Gasteiger partial charge in [-0.3, -0.25) is 4.79 Å². The molecule has 0 aliphatic carbocycles. The molecule has 23 heavy (non-hydrogen) atoms. The molecular weight excluding hydrogens is 303 g/mol. The predicted octanol–water partition coefficient (Wildman–Crippen LogP) is 4.20. The van der Waals surface area contributed by atoms with Crippen LogP contribution in [-0.2, 0) is 11.7 Å². The Bertz CT molecular complexity index is 785. The molecule has 0 bridgehead atoms. The van der Waals surface area contributed by atoms with Crippen molar-refractivity contribution in [3.63, 3.8) is 0 Å². The average Bonchev–Trinajstić information content (AvgIpc) is 3.07. The Morgan fingerprint density at radius 1 is 1.04 bits per heavy atom. The molecule has 1 saturated heterocycles. The van der Waals surface area contributed by atoms with E-state index in [0.717, 1.165) is 30.5 Å². The second-order valence-electron chi connectivity index (χ2n) is 6.04. The van der Waals surface area contributed by atoms with E-state index in [9.17, 15) is 18.0 Å². The predicted molar refractivity (Wildman–Crippen MR) is 78.9 cm³/mol. The molecule has 2 aliphatic rings. The average molecular weight is 317 g/mol. The van der Waals surface area contributed by atoms with Crippen LogP contribution in [0.3, 0.4) is 0 Å². The van der Waals surface area contributed by atoms with Crippen LogP contribution in [0.2, 0.25) is 0 Å². The highest BCUT2D eigenvalue weighted by Crippen LogP contribution is 2.51.